The average molecular weight is 359 g/mol. The quantitative estimate of drug-likeness (QED) is 0.607. The fraction of sp³-hybridized carbons (Fsp3) is 0.211. The molecule has 2 rings (SSSR count). The standard InChI is InChI=1S/C19H18FNO5/c1-12(22)14-5-8-17(25-2)15(9-14)11-26-18(23)10-21-19(24)13-3-6-16(20)7-4-13/h3-9H,10-11H2,1-2H3,(H,21,24). The Morgan fingerprint density at radius 1 is 1.04 bits per heavy atom. The molecule has 0 aliphatic heterocycles. The number of halogens is 1. The van der Waals surface area contributed by atoms with Gasteiger partial charge in [-0.3, -0.25) is 14.4 Å². The number of ether oxygens (including phenoxy) is 2. The van der Waals surface area contributed by atoms with E-state index in [0.717, 1.165) is 12.1 Å². The van der Waals surface area contributed by atoms with E-state index in [0.29, 0.717) is 16.9 Å². The predicted molar refractivity (Wildman–Crippen MR) is 91.5 cm³/mol. The second kappa shape index (κ2) is 8.75. The van der Waals surface area contributed by atoms with Crippen molar-refractivity contribution in [1.82, 2.24) is 5.32 Å². The highest BCUT2D eigenvalue weighted by atomic mass is 19.1. The van der Waals surface area contributed by atoms with Crippen molar-refractivity contribution in [2.45, 2.75) is 13.5 Å². The summed E-state index contributed by atoms with van der Waals surface area (Å²) < 4.78 is 23.1. The van der Waals surface area contributed by atoms with Crippen LogP contribution in [0.2, 0.25) is 0 Å². The van der Waals surface area contributed by atoms with Crippen LogP contribution in [-0.4, -0.2) is 31.3 Å². The molecule has 1 N–H and O–H groups in total. The van der Waals surface area contributed by atoms with Gasteiger partial charge in [-0.25, -0.2) is 4.39 Å². The van der Waals surface area contributed by atoms with Crippen molar-refractivity contribution in [2.24, 2.45) is 0 Å². The van der Waals surface area contributed by atoms with E-state index in [1.165, 1.54) is 26.2 Å². The summed E-state index contributed by atoms with van der Waals surface area (Å²) in [6.07, 6.45) is 0. The number of rotatable bonds is 7. The number of amides is 1. The molecule has 136 valence electrons. The SMILES string of the molecule is COc1ccc(C(C)=O)cc1COC(=O)CNC(=O)c1ccc(F)cc1. The van der Waals surface area contributed by atoms with E-state index in [9.17, 15) is 18.8 Å². The first-order valence-corrected chi connectivity index (χ1v) is 7.78. The Bertz CT molecular complexity index is 817. The van der Waals surface area contributed by atoms with Crippen molar-refractivity contribution in [3.05, 3.63) is 65.0 Å². The van der Waals surface area contributed by atoms with Gasteiger partial charge >= 0.3 is 5.97 Å². The maximum Gasteiger partial charge on any atom is 0.325 e. The molecule has 2 aromatic rings. The Morgan fingerprint density at radius 2 is 1.69 bits per heavy atom. The van der Waals surface area contributed by atoms with Gasteiger partial charge in [-0.05, 0) is 49.4 Å². The molecule has 0 atom stereocenters. The van der Waals surface area contributed by atoms with Crippen molar-refractivity contribution in [1.29, 1.82) is 0 Å². The van der Waals surface area contributed by atoms with Crippen LogP contribution in [0, 0.1) is 5.82 Å². The van der Waals surface area contributed by atoms with E-state index in [-0.39, 0.29) is 24.5 Å². The van der Waals surface area contributed by atoms with Crippen LogP contribution in [0.1, 0.15) is 33.2 Å². The molecule has 2 aromatic carbocycles. The maximum atomic E-state index is 12.8. The van der Waals surface area contributed by atoms with Crippen LogP contribution >= 0.6 is 0 Å². The van der Waals surface area contributed by atoms with Crippen molar-refractivity contribution in [2.75, 3.05) is 13.7 Å². The fourth-order valence-corrected chi connectivity index (χ4v) is 2.18. The molecule has 0 spiro atoms. The Labute approximate surface area is 149 Å². The van der Waals surface area contributed by atoms with Gasteiger partial charge in [-0.1, -0.05) is 0 Å². The van der Waals surface area contributed by atoms with Crippen molar-refractivity contribution >= 4 is 17.7 Å². The Balaban J connectivity index is 1.90. The normalized spacial score (nSPS) is 10.1. The Hall–Kier alpha value is -3.22. The number of nitrogens with one attached hydrogen (secondary N) is 1. The number of ketones is 1. The zero-order valence-electron chi connectivity index (χ0n) is 14.4. The molecule has 6 nitrogen and oxygen atoms in total. The third-order valence-corrected chi connectivity index (χ3v) is 3.58. The van der Waals surface area contributed by atoms with Gasteiger partial charge < -0.3 is 14.8 Å². The average Bonchev–Trinajstić information content (AvgIpc) is 2.64. The number of Topliss-reactive ketones (excluding diaryl/α,β-unsaturated/α-hetero) is 1. The molecule has 1 amide bonds. The largest absolute Gasteiger partial charge is 0.496 e. The van der Waals surface area contributed by atoms with E-state index >= 15 is 0 Å². The number of carbonyl (C=O) groups excluding carboxylic acids is 3. The van der Waals surface area contributed by atoms with Crippen LogP contribution < -0.4 is 10.1 Å². The molecule has 0 unspecified atom stereocenters. The number of esters is 1. The van der Waals surface area contributed by atoms with Crippen molar-refractivity contribution < 1.29 is 28.2 Å². The molecule has 26 heavy (non-hydrogen) atoms. The summed E-state index contributed by atoms with van der Waals surface area (Å²) in [6, 6.07) is 9.77. The van der Waals surface area contributed by atoms with Gasteiger partial charge in [0.25, 0.3) is 5.91 Å². The first-order valence-electron chi connectivity index (χ1n) is 7.78. The molecule has 0 aliphatic rings. The first-order chi connectivity index (χ1) is 12.4. The number of hydrogen-bond acceptors (Lipinski definition) is 5. The van der Waals surface area contributed by atoms with E-state index in [2.05, 4.69) is 5.32 Å². The molecule has 0 aliphatic carbocycles. The zero-order valence-corrected chi connectivity index (χ0v) is 14.4. The second-order valence-corrected chi connectivity index (χ2v) is 5.43. The van der Waals surface area contributed by atoms with Crippen LogP contribution in [0.3, 0.4) is 0 Å². The number of benzene rings is 2. The molecule has 0 radical (unpaired) electrons. The molecule has 0 saturated carbocycles. The highest BCUT2D eigenvalue weighted by Gasteiger charge is 2.12. The zero-order chi connectivity index (χ0) is 19.1. The molecule has 7 heteroatoms. The summed E-state index contributed by atoms with van der Waals surface area (Å²) in [5, 5.41) is 2.39. The van der Waals surface area contributed by atoms with Gasteiger partial charge in [0.1, 0.15) is 24.7 Å². The fourth-order valence-electron chi connectivity index (χ4n) is 2.18. The van der Waals surface area contributed by atoms with E-state index < -0.39 is 17.7 Å². The lowest BCUT2D eigenvalue weighted by atomic mass is 10.1. The number of methoxy groups -OCH3 is 1. The molecule has 0 bridgehead atoms. The van der Waals surface area contributed by atoms with E-state index in [1.54, 1.807) is 18.2 Å². The summed E-state index contributed by atoms with van der Waals surface area (Å²) >= 11 is 0. The molecule has 0 heterocycles. The summed E-state index contributed by atoms with van der Waals surface area (Å²) in [5.74, 6) is -1.26. The van der Waals surface area contributed by atoms with Gasteiger partial charge in [-0.15, -0.1) is 0 Å². The lowest BCUT2D eigenvalue weighted by molar-refractivity contribution is -0.143. The number of carbonyl (C=O) groups is 3. The molecule has 0 aromatic heterocycles. The van der Waals surface area contributed by atoms with Crippen molar-refractivity contribution in [3.8, 4) is 5.75 Å². The van der Waals surface area contributed by atoms with Crippen LogP contribution in [-0.2, 0) is 16.1 Å². The second-order valence-electron chi connectivity index (χ2n) is 5.43. The molecular formula is C19H18FNO5. The van der Waals surface area contributed by atoms with Gasteiger partial charge in [0, 0.05) is 16.7 Å². The van der Waals surface area contributed by atoms with Crippen LogP contribution in [0.15, 0.2) is 42.5 Å². The third-order valence-electron chi connectivity index (χ3n) is 3.58. The van der Waals surface area contributed by atoms with Crippen molar-refractivity contribution in [3.63, 3.8) is 0 Å². The first kappa shape index (κ1) is 19.1. The summed E-state index contributed by atoms with van der Waals surface area (Å²) in [5.41, 5.74) is 1.25. The minimum absolute atomic E-state index is 0.102. The van der Waals surface area contributed by atoms with E-state index in [4.69, 9.17) is 9.47 Å². The minimum Gasteiger partial charge on any atom is -0.496 e. The Kier molecular flexibility index (Phi) is 6.43. The van der Waals surface area contributed by atoms with Crippen LogP contribution in [0.5, 0.6) is 5.75 Å². The topological polar surface area (TPSA) is 81.7 Å². The highest BCUT2D eigenvalue weighted by molar-refractivity contribution is 5.96. The van der Waals surface area contributed by atoms with Gasteiger partial charge in [0.05, 0.1) is 7.11 Å². The molecular weight excluding hydrogens is 341 g/mol. The summed E-state index contributed by atoms with van der Waals surface area (Å²) in [4.78, 5) is 35.1. The Morgan fingerprint density at radius 3 is 2.31 bits per heavy atom. The lowest BCUT2D eigenvalue weighted by Gasteiger charge is -2.11. The smallest absolute Gasteiger partial charge is 0.325 e. The lowest BCUT2D eigenvalue weighted by Crippen LogP contribution is -2.30. The van der Waals surface area contributed by atoms with Crippen LogP contribution in [0.25, 0.3) is 0 Å². The minimum atomic E-state index is -0.657. The van der Waals surface area contributed by atoms with Gasteiger partial charge in [-0.2, -0.15) is 0 Å². The summed E-state index contributed by atoms with van der Waals surface area (Å²) in [7, 11) is 1.47. The van der Waals surface area contributed by atoms with Crippen LogP contribution in [0.4, 0.5) is 4.39 Å². The molecule has 0 fully saturated rings. The van der Waals surface area contributed by atoms with Gasteiger partial charge in [0.2, 0.25) is 0 Å². The van der Waals surface area contributed by atoms with E-state index in [1.807, 2.05) is 0 Å². The molecule has 0 saturated heterocycles. The third kappa shape index (κ3) is 5.14. The number of hydrogen-bond donors (Lipinski definition) is 1. The summed E-state index contributed by atoms with van der Waals surface area (Å²) in [6.45, 7) is 0.989. The van der Waals surface area contributed by atoms with Gasteiger partial charge in [0.15, 0.2) is 5.78 Å². The highest BCUT2D eigenvalue weighted by Crippen LogP contribution is 2.21. The maximum absolute atomic E-state index is 12.8. The monoisotopic (exact) mass is 359 g/mol. The predicted octanol–water partition coefficient (Wildman–Crippen LogP) is 2.51.